The minimum Gasteiger partial charge on any atom is -0.459 e. The Bertz CT molecular complexity index is 302. The van der Waals surface area contributed by atoms with Crippen LogP contribution in [0.4, 0.5) is 0 Å². The Morgan fingerprint density at radius 3 is 2.78 bits per heavy atom. The predicted molar refractivity (Wildman–Crippen MR) is 74.5 cm³/mol. The van der Waals surface area contributed by atoms with Crippen LogP contribution in [0.2, 0.25) is 0 Å². The van der Waals surface area contributed by atoms with Crippen molar-refractivity contribution >= 4 is 5.97 Å². The fourth-order valence-corrected chi connectivity index (χ4v) is 2.09. The molecule has 1 unspecified atom stereocenters. The number of carbonyl (C=O) groups excluding carboxylic acids is 1. The molecule has 0 saturated heterocycles. The van der Waals surface area contributed by atoms with Gasteiger partial charge in [0.15, 0.2) is 0 Å². The molecule has 18 heavy (non-hydrogen) atoms. The summed E-state index contributed by atoms with van der Waals surface area (Å²) in [6.07, 6.45) is 7.97. The van der Waals surface area contributed by atoms with E-state index < -0.39 is 5.60 Å². The maximum Gasteiger partial charge on any atom is 0.327 e. The molecule has 1 rings (SSSR count). The summed E-state index contributed by atoms with van der Waals surface area (Å²) in [5.74, 6) is -0.157. The van der Waals surface area contributed by atoms with Gasteiger partial charge < -0.3 is 10.1 Å². The van der Waals surface area contributed by atoms with E-state index in [9.17, 15) is 4.79 Å². The third-order valence-corrected chi connectivity index (χ3v) is 2.97. The van der Waals surface area contributed by atoms with Gasteiger partial charge >= 0.3 is 5.97 Å². The molecule has 1 atom stereocenters. The lowest BCUT2D eigenvalue weighted by atomic mass is 9.98. The Morgan fingerprint density at radius 1 is 1.44 bits per heavy atom. The standard InChI is InChI=1S/C15H27NO2/c1-5-6-7-8-12-9-10-16-13(11-12)14(17)18-15(2,3)4/h11,13,16H,5-10H2,1-4H3. The van der Waals surface area contributed by atoms with E-state index in [1.54, 1.807) is 0 Å². The van der Waals surface area contributed by atoms with Crippen LogP contribution >= 0.6 is 0 Å². The van der Waals surface area contributed by atoms with Crippen molar-refractivity contribution in [3.8, 4) is 0 Å². The molecule has 0 spiro atoms. The summed E-state index contributed by atoms with van der Waals surface area (Å²) in [5, 5.41) is 3.21. The van der Waals surface area contributed by atoms with Crippen molar-refractivity contribution in [1.82, 2.24) is 5.32 Å². The largest absolute Gasteiger partial charge is 0.459 e. The zero-order chi connectivity index (χ0) is 13.6. The van der Waals surface area contributed by atoms with Gasteiger partial charge in [-0.25, -0.2) is 4.79 Å². The number of unbranched alkanes of at least 4 members (excludes halogenated alkanes) is 2. The first-order valence-electron chi connectivity index (χ1n) is 7.08. The Morgan fingerprint density at radius 2 is 2.17 bits per heavy atom. The zero-order valence-corrected chi connectivity index (χ0v) is 12.2. The number of esters is 1. The molecule has 0 fully saturated rings. The second-order valence-corrected chi connectivity index (χ2v) is 6.00. The highest BCUT2D eigenvalue weighted by atomic mass is 16.6. The molecular weight excluding hydrogens is 226 g/mol. The second kappa shape index (κ2) is 6.93. The molecule has 1 aliphatic rings. The smallest absolute Gasteiger partial charge is 0.327 e. The zero-order valence-electron chi connectivity index (χ0n) is 12.2. The summed E-state index contributed by atoms with van der Waals surface area (Å²) < 4.78 is 5.41. The Labute approximate surface area is 111 Å². The number of ether oxygens (including phenoxy) is 1. The minimum absolute atomic E-state index is 0.157. The molecule has 3 nitrogen and oxygen atoms in total. The molecule has 0 aromatic heterocycles. The van der Waals surface area contributed by atoms with E-state index in [-0.39, 0.29) is 12.0 Å². The summed E-state index contributed by atoms with van der Waals surface area (Å²) in [7, 11) is 0. The lowest BCUT2D eigenvalue weighted by Gasteiger charge is -2.26. The molecule has 0 aromatic carbocycles. The molecule has 0 saturated carbocycles. The average molecular weight is 253 g/mol. The Balaban J connectivity index is 2.50. The molecule has 1 heterocycles. The van der Waals surface area contributed by atoms with Gasteiger partial charge in [-0.05, 0) is 46.6 Å². The molecule has 0 bridgehead atoms. The third-order valence-electron chi connectivity index (χ3n) is 2.97. The van der Waals surface area contributed by atoms with Crippen LogP contribution in [0.3, 0.4) is 0 Å². The summed E-state index contributed by atoms with van der Waals surface area (Å²) >= 11 is 0. The van der Waals surface area contributed by atoms with Crippen molar-refractivity contribution in [2.24, 2.45) is 0 Å². The van der Waals surface area contributed by atoms with E-state index in [1.807, 2.05) is 20.8 Å². The number of hydrogen-bond donors (Lipinski definition) is 1. The van der Waals surface area contributed by atoms with Gasteiger partial charge in [-0.3, -0.25) is 0 Å². The molecule has 0 aromatic rings. The van der Waals surface area contributed by atoms with Crippen LogP contribution in [-0.4, -0.2) is 24.2 Å². The van der Waals surface area contributed by atoms with Gasteiger partial charge in [-0.1, -0.05) is 31.4 Å². The average Bonchev–Trinajstić information content (AvgIpc) is 2.27. The predicted octanol–water partition coefficient (Wildman–Crippen LogP) is 3.20. The summed E-state index contributed by atoms with van der Waals surface area (Å²) in [4.78, 5) is 12.0. The maximum atomic E-state index is 12.0. The van der Waals surface area contributed by atoms with Crippen molar-refractivity contribution in [2.45, 2.75) is 71.4 Å². The van der Waals surface area contributed by atoms with E-state index in [4.69, 9.17) is 4.74 Å². The van der Waals surface area contributed by atoms with Crippen LogP contribution < -0.4 is 5.32 Å². The van der Waals surface area contributed by atoms with Gasteiger partial charge in [0.2, 0.25) is 0 Å². The van der Waals surface area contributed by atoms with Gasteiger partial charge in [-0.2, -0.15) is 0 Å². The van der Waals surface area contributed by atoms with Gasteiger partial charge in [0, 0.05) is 0 Å². The molecular formula is C15H27NO2. The van der Waals surface area contributed by atoms with Crippen molar-refractivity contribution in [3.63, 3.8) is 0 Å². The van der Waals surface area contributed by atoms with Crippen molar-refractivity contribution in [1.29, 1.82) is 0 Å². The van der Waals surface area contributed by atoms with Gasteiger partial charge in [0.25, 0.3) is 0 Å². The monoisotopic (exact) mass is 253 g/mol. The maximum absolute atomic E-state index is 12.0. The van der Waals surface area contributed by atoms with Crippen molar-refractivity contribution < 1.29 is 9.53 Å². The van der Waals surface area contributed by atoms with Crippen LogP contribution in [-0.2, 0) is 9.53 Å². The quantitative estimate of drug-likeness (QED) is 0.464. The topological polar surface area (TPSA) is 38.3 Å². The van der Waals surface area contributed by atoms with Crippen LogP contribution in [0.1, 0.15) is 59.8 Å². The van der Waals surface area contributed by atoms with Crippen LogP contribution in [0, 0.1) is 0 Å². The highest BCUT2D eigenvalue weighted by Crippen LogP contribution is 2.18. The van der Waals surface area contributed by atoms with Gasteiger partial charge in [0.1, 0.15) is 11.6 Å². The Kier molecular flexibility index (Phi) is 5.86. The molecule has 1 N–H and O–H groups in total. The third kappa shape index (κ3) is 5.67. The lowest BCUT2D eigenvalue weighted by molar-refractivity contribution is -0.156. The van der Waals surface area contributed by atoms with Gasteiger partial charge in [-0.15, -0.1) is 0 Å². The molecule has 0 aliphatic carbocycles. The summed E-state index contributed by atoms with van der Waals surface area (Å²) in [6, 6.07) is -0.255. The van der Waals surface area contributed by atoms with Crippen LogP contribution in [0.25, 0.3) is 0 Å². The normalized spacial score (nSPS) is 20.4. The minimum atomic E-state index is -0.410. The van der Waals surface area contributed by atoms with Crippen molar-refractivity contribution in [2.75, 3.05) is 6.54 Å². The number of carbonyl (C=O) groups is 1. The fourth-order valence-electron chi connectivity index (χ4n) is 2.09. The summed E-state index contributed by atoms with van der Waals surface area (Å²) in [6.45, 7) is 8.79. The van der Waals surface area contributed by atoms with E-state index in [0.717, 1.165) is 19.4 Å². The second-order valence-electron chi connectivity index (χ2n) is 6.00. The molecule has 0 radical (unpaired) electrons. The first-order valence-corrected chi connectivity index (χ1v) is 7.08. The fraction of sp³-hybridized carbons (Fsp3) is 0.800. The van der Waals surface area contributed by atoms with Gasteiger partial charge in [0.05, 0.1) is 0 Å². The lowest BCUT2D eigenvalue weighted by Crippen LogP contribution is -2.42. The van der Waals surface area contributed by atoms with E-state index >= 15 is 0 Å². The van der Waals surface area contributed by atoms with E-state index in [1.165, 1.54) is 24.8 Å². The molecule has 3 heteroatoms. The van der Waals surface area contributed by atoms with Crippen LogP contribution in [0.5, 0.6) is 0 Å². The summed E-state index contributed by atoms with van der Waals surface area (Å²) in [5.41, 5.74) is 0.991. The first kappa shape index (κ1) is 15.2. The van der Waals surface area contributed by atoms with E-state index in [0.29, 0.717) is 0 Å². The van der Waals surface area contributed by atoms with Crippen molar-refractivity contribution in [3.05, 3.63) is 11.6 Å². The number of hydrogen-bond acceptors (Lipinski definition) is 3. The Hall–Kier alpha value is -0.830. The van der Waals surface area contributed by atoms with E-state index in [2.05, 4.69) is 18.3 Å². The molecule has 1 aliphatic heterocycles. The highest BCUT2D eigenvalue weighted by Gasteiger charge is 2.25. The molecule has 0 amide bonds. The number of nitrogens with one attached hydrogen (secondary N) is 1. The highest BCUT2D eigenvalue weighted by molar-refractivity contribution is 5.78. The van der Waals surface area contributed by atoms with Crippen LogP contribution in [0.15, 0.2) is 11.6 Å². The molecule has 104 valence electrons. The SMILES string of the molecule is CCCCCC1=CC(C(=O)OC(C)(C)C)NCC1. The first-order chi connectivity index (χ1) is 8.42. The number of rotatable bonds is 5.